The van der Waals surface area contributed by atoms with E-state index in [0.29, 0.717) is 5.41 Å². The molecule has 18 heavy (non-hydrogen) atoms. The summed E-state index contributed by atoms with van der Waals surface area (Å²) in [5.74, 6) is 0. The molecule has 3 heteroatoms. The average molecular weight is 264 g/mol. The zero-order chi connectivity index (χ0) is 12.8. The maximum atomic E-state index is 3.62. The molecule has 1 saturated carbocycles. The Hall–Kier alpha value is -0.510. The first-order valence-electron chi connectivity index (χ1n) is 6.76. The van der Waals surface area contributed by atoms with Crippen LogP contribution in [0.25, 0.3) is 0 Å². The highest BCUT2D eigenvalue weighted by atomic mass is 32.2. The Morgan fingerprint density at radius 2 is 1.89 bits per heavy atom. The molecule has 0 bridgehead atoms. The van der Waals surface area contributed by atoms with Gasteiger partial charge in [-0.25, -0.2) is 0 Å². The third-order valence-corrected chi connectivity index (χ3v) is 4.70. The summed E-state index contributed by atoms with van der Waals surface area (Å²) >= 11 is 1.80. The molecule has 0 heterocycles. The largest absolute Gasteiger partial charge is 0.319 e. The van der Waals surface area contributed by atoms with Gasteiger partial charge in [0.1, 0.15) is 0 Å². The van der Waals surface area contributed by atoms with Crippen molar-refractivity contribution in [3.63, 3.8) is 0 Å². The topological polar surface area (TPSA) is 24.1 Å². The van der Waals surface area contributed by atoms with E-state index in [1.54, 1.807) is 11.8 Å². The van der Waals surface area contributed by atoms with Crippen LogP contribution >= 0.6 is 11.8 Å². The quantitative estimate of drug-likeness (QED) is 0.741. The van der Waals surface area contributed by atoms with Crippen LogP contribution in [0.15, 0.2) is 29.2 Å². The van der Waals surface area contributed by atoms with Gasteiger partial charge in [0.15, 0.2) is 0 Å². The Balaban J connectivity index is 1.77. The van der Waals surface area contributed by atoms with Crippen LogP contribution in [-0.4, -0.2) is 26.4 Å². The predicted molar refractivity (Wildman–Crippen MR) is 80.1 cm³/mol. The summed E-state index contributed by atoms with van der Waals surface area (Å²) in [6.45, 7) is 3.27. The van der Waals surface area contributed by atoms with Crippen molar-refractivity contribution < 1.29 is 0 Å². The van der Waals surface area contributed by atoms with Gasteiger partial charge in [-0.1, -0.05) is 18.6 Å². The number of nitrogens with one attached hydrogen (secondary N) is 2. The predicted octanol–water partition coefficient (Wildman–Crippen LogP) is 2.89. The Morgan fingerprint density at radius 1 is 1.17 bits per heavy atom. The maximum Gasteiger partial charge on any atom is 0.0205 e. The van der Waals surface area contributed by atoms with Gasteiger partial charge in [0, 0.05) is 24.5 Å². The summed E-state index contributed by atoms with van der Waals surface area (Å²) in [6, 6.07) is 8.86. The Labute approximate surface area is 115 Å². The third kappa shape index (κ3) is 3.50. The minimum Gasteiger partial charge on any atom is -0.319 e. The molecule has 1 aliphatic carbocycles. The van der Waals surface area contributed by atoms with Crippen molar-refractivity contribution in [2.75, 3.05) is 26.4 Å². The van der Waals surface area contributed by atoms with Crippen molar-refractivity contribution in [3.05, 3.63) is 29.8 Å². The second-order valence-electron chi connectivity index (χ2n) is 5.34. The first-order chi connectivity index (χ1) is 8.78. The van der Waals surface area contributed by atoms with Crippen molar-refractivity contribution in [1.29, 1.82) is 0 Å². The fourth-order valence-electron chi connectivity index (χ4n) is 2.68. The summed E-state index contributed by atoms with van der Waals surface area (Å²) < 4.78 is 0. The molecule has 1 aromatic rings. The van der Waals surface area contributed by atoms with Gasteiger partial charge in [-0.3, -0.25) is 0 Å². The highest BCUT2D eigenvalue weighted by molar-refractivity contribution is 7.98. The number of thioether (sulfide) groups is 1. The van der Waals surface area contributed by atoms with Gasteiger partial charge < -0.3 is 10.6 Å². The van der Waals surface area contributed by atoms with Gasteiger partial charge in [-0.05, 0) is 49.3 Å². The molecule has 100 valence electrons. The van der Waals surface area contributed by atoms with E-state index in [0.717, 1.165) is 19.6 Å². The van der Waals surface area contributed by atoms with E-state index in [1.165, 1.54) is 29.7 Å². The lowest BCUT2D eigenvalue weighted by Gasteiger charge is -2.42. The molecule has 2 rings (SSSR count). The van der Waals surface area contributed by atoms with Crippen LogP contribution in [0, 0.1) is 5.41 Å². The minimum atomic E-state index is 0.522. The molecule has 2 nitrogen and oxygen atoms in total. The summed E-state index contributed by atoms with van der Waals surface area (Å²) in [5, 5.41) is 6.95. The highest BCUT2D eigenvalue weighted by Gasteiger charge is 2.35. The fraction of sp³-hybridized carbons (Fsp3) is 0.600. The van der Waals surface area contributed by atoms with Gasteiger partial charge in [-0.2, -0.15) is 0 Å². The van der Waals surface area contributed by atoms with Crippen LogP contribution in [-0.2, 0) is 6.54 Å². The molecule has 2 N–H and O–H groups in total. The van der Waals surface area contributed by atoms with E-state index in [9.17, 15) is 0 Å². The molecular formula is C15H24N2S. The zero-order valence-corrected chi connectivity index (χ0v) is 12.3. The van der Waals surface area contributed by atoms with Crippen molar-refractivity contribution >= 4 is 11.8 Å². The first kappa shape index (κ1) is 13.9. The molecule has 0 radical (unpaired) electrons. The second-order valence-corrected chi connectivity index (χ2v) is 6.22. The molecule has 0 unspecified atom stereocenters. The lowest BCUT2D eigenvalue weighted by molar-refractivity contribution is 0.130. The van der Waals surface area contributed by atoms with Gasteiger partial charge in [-0.15, -0.1) is 11.8 Å². The molecule has 0 aliphatic heterocycles. The van der Waals surface area contributed by atoms with E-state index in [4.69, 9.17) is 0 Å². The van der Waals surface area contributed by atoms with E-state index in [2.05, 4.69) is 48.2 Å². The number of hydrogen-bond acceptors (Lipinski definition) is 3. The molecule has 0 saturated heterocycles. The van der Waals surface area contributed by atoms with E-state index in [-0.39, 0.29) is 0 Å². The van der Waals surface area contributed by atoms with Crippen LogP contribution < -0.4 is 10.6 Å². The summed E-state index contributed by atoms with van der Waals surface area (Å²) in [4.78, 5) is 1.34. The van der Waals surface area contributed by atoms with Crippen LogP contribution in [0.3, 0.4) is 0 Å². The first-order valence-corrected chi connectivity index (χ1v) is 7.99. The zero-order valence-electron chi connectivity index (χ0n) is 11.5. The molecule has 1 fully saturated rings. The molecule has 0 spiro atoms. The Bertz CT molecular complexity index is 357. The standard InChI is InChI=1S/C15H24N2S/c1-16-11-15(8-3-9-15)12-17-10-13-4-6-14(18-2)7-5-13/h4-7,16-17H,3,8-12H2,1-2H3. The van der Waals surface area contributed by atoms with Crippen molar-refractivity contribution in [3.8, 4) is 0 Å². The molecule has 1 aliphatic rings. The van der Waals surface area contributed by atoms with Gasteiger partial charge in [0.25, 0.3) is 0 Å². The van der Waals surface area contributed by atoms with Crippen molar-refractivity contribution in [2.45, 2.75) is 30.7 Å². The SMILES string of the molecule is CNCC1(CNCc2ccc(SC)cc2)CCC1. The van der Waals surface area contributed by atoms with Crippen LogP contribution in [0.2, 0.25) is 0 Å². The fourth-order valence-corrected chi connectivity index (χ4v) is 3.09. The molecule has 0 aromatic heterocycles. The smallest absolute Gasteiger partial charge is 0.0205 e. The van der Waals surface area contributed by atoms with Gasteiger partial charge in [0.2, 0.25) is 0 Å². The maximum absolute atomic E-state index is 3.62. The van der Waals surface area contributed by atoms with E-state index < -0.39 is 0 Å². The molecule has 0 amide bonds. The molecule has 0 atom stereocenters. The number of hydrogen-bond donors (Lipinski definition) is 2. The van der Waals surface area contributed by atoms with Crippen LogP contribution in [0.5, 0.6) is 0 Å². The highest BCUT2D eigenvalue weighted by Crippen LogP contribution is 2.39. The molecular weight excluding hydrogens is 240 g/mol. The van der Waals surface area contributed by atoms with Gasteiger partial charge in [0.05, 0.1) is 0 Å². The van der Waals surface area contributed by atoms with Crippen LogP contribution in [0.4, 0.5) is 0 Å². The third-order valence-electron chi connectivity index (χ3n) is 3.95. The van der Waals surface area contributed by atoms with Crippen LogP contribution in [0.1, 0.15) is 24.8 Å². The number of rotatable bonds is 7. The van der Waals surface area contributed by atoms with Crippen molar-refractivity contribution in [1.82, 2.24) is 10.6 Å². The lowest BCUT2D eigenvalue weighted by atomic mass is 9.68. The molecule has 1 aromatic carbocycles. The Morgan fingerprint density at radius 3 is 2.39 bits per heavy atom. The normalized spacial score (nSPS) is 17.4. The second kappa shape index (κ2) is 6.60. The summed E-state index contributed by atoms with van der Waals surface area (Å²) in [7, 11) is 2.06. The Kier molecular flexibility index (Phi) is 5.10. The van der Waals surface area contributed by atoms with Gasteiger partial charge >= 0.3 is 0 Å². The average Bonchev–Trinajstić information content (AvgIpc) is 2.36. The van der Waals surface area contributed by atoms with Crippen molar-refractivity contribution in [2.24, 2.45) is 5.41 Å². The summed E-state index contributed by atoms with van der Waals surface area (Å²) in [5.41, 5.74) is 1.90. The van der Waals surface area contributed by atoms with E-state index in [1.807, 2.05) is 0 Å². The lowest BCUT2D eigenvalue weighted by Crippen LogP contribution is -2.46. The summed E-state index contributed by atoms with van der Waals surface area (Å²) in [6.07, 6.45) is 6.25. The van der Waals surface area contributed by atoms with E-state index >= 15 is 0 Å². The number of benzene rings is 1. The minimum absolute atomic E-state index is 0.522. The monoisotopic (exact) mass is 264 g/mol.